The quantitative estimate of drug-likeness (QED) is 0.547. The van der Waals surface area contributed by atoms with Gasteiger partial charge in [-0.25, -0.2) is 0 Å². The molecule has 2 nitrogen and oxygen atoms in total. The Morgan fingerprint density at radius 2 is 1.75 bits per heavy atom. The lowest BCUT2D eigenvalue weighted by Gasteiger charge is -2.26. The highest BCUT2D eigenvalue weighted by Crippen LogP contribution is 2.17. The predicted octanol–water partition coefficient (Wildman–Crippen LogP) is 3.61. The van der Waals surface area contributed by atoms with Crippen LogP contribution in [0.2, 0.25) is 0 Å². The van der Waals surface area contributed by atoms with E-state index < -0.39 is 0 Å². The molecule has 2 heteroatoms. The molecule has 0 radical (unpaired) electrons. The molecule has 0 rings (SSSR count). The second kappa shape index (κ2) is 11.4. The monoisotopic (exact) mass is 229 g/mol. The van der Waals surface area contributed by atoms with E-state index in [9.17, 15) is 0 Å². The van der Waals surface area contributed by atoms with E-state index in [4.69, 9.17) is 4.74 Å². The molecule has 0 bridgehead atoms. The van der Waals surface area contributed by atoms with E-state index in [2.05, 4.69) is 33.0 Å². The van der Waals surface area contributed by atoms with Crippen LogP contribution in [0.1, 0.15) is 59.8 Å². The highest BCUT2D eigenvalue weighted by atomic mass is 16.5. The van der Waals surface area contributed by atoms with E-state index in [1.54, 1.807) is 0 Å². The molecule has 0 aromatic rings. The van der Waals surface area contributed by atoms with Crippen molar-refractivity contribution in [3.8, 4) is 0 Å². The van der Waals surface area contributed by atoms with Gasteiger partial charge in [0.15, 0.2) is 0 Å². The van der Waals surface area contributed by atoms with Crippen LogP contribution in [0.15, 0.2) is 0 Å². The normalized spacial score (nSPS) is 13.3. The Labute approximate surface area is 102 Å². The molecule has 0 aromatic heterocycles. The van der Waals surface area contributed by atoms with Crippen molar-refractivity contribution in [1.82, 2.24) is 5.32 Å². The highest BCUT2D eigenvalue weighted by Gasteiger charge is 2.16. The van der Waals surface area contributed by atoms with E-state index in [1.165, 1.54) is 32.1 Å². The molecule has 0 aliphatic heterocycles. The number of ether oxygens (including phenoxy) is 1. The first-order chi connectivity index (χ1) is 7.79. The third kappa shape index (κ3) is 7.24. The average molecular weight is 229 g/mol. The summed E-state index contributed by atoms with van der Waals surface area (Å²) in [5, 5.41) is 3.69. The van der Waals surface area contributed by atoms with Crippen LogP contribution in [-0.4, -0.2) is 25.8 Å². The molecule has 0 aromatic carbocycles. The minimum atomic E-state index is 0.690. The molecule has 1 N–H and O–H groups in total. The fourth-order valence-corrected chi connectivity index (χ4v) is 2.24. The largest absolute Gasteiger partial charge is 0.382 e. The topological polar surface area (TPSA) is 21.3 Å². The third-order valence-corrected chi connectivity index (χ3v) is 3.28. The highest BCUT2D eigenvalue weighted by molar-refractivity contribution is 4.74. The number of rotatable bonds is 11. The Bertz CT molecular complexity index is 135. The third-order valence-electron chi connectivity index (χ3n) is 3.28. The van der Waals surface area contributed by atoms with E-state index in [0.717, 1.165) is 25.7 Å². The van der Waals surface area contributed by atoms with Crippen LogP contribution in [0.4, 0.5) is 0 Å². The van der Waals surface area contributed by atoms with Gasteiger partial charge in [0.25, 0.3) is 0 Å². The van der Waals surface area contributed by atoms with Gasteiger partial charge in [-0.1, -0.05) is 33.6 Å². The van der Waals surface area contributed by atoms with Gasteiger partial charge in [0, 0.05) is 19.3 Å². The fraction of sp³-hybridized carbons (Fsp3) is 1.00. The zero-order chi connectivity index (χ0) is 12.2. The SMILES string of the molecule is CCCNC(CCCOCC)C(CC)CC. The lowest BCUT2D eigenvalue weighted by Crippen LogP contribution is -2.36. The van der Waals surface area contributed by atoms with Gasteiger partial charge in [0.2, 0.25) is 0 Å². The van der Waals surface area contributed by atoms with E-state index >= 15 is 0 Å². The number of hydrogen-bond acceptors (Lipinski definition) is 2. The first-order valence-electron chi connectivity index (χ1n) is 7.11. The molecule has 0 saturated heterocycles. The van der Waals surface area contributed by atoms with Crippen molar-refractivity contribution in [3.63, 3.8) is 0 Å². The summed E-state index contributed by atoms with van der Waals surface area (Å²) >= 11 is 0. The molecular formula is C14H31NO. The lowest BCUT2D eigenvalue weighted by molar-refractivity contribution is 0.137. The maximum atomic E-state index is 5.41. The van der Waals surface area contributed by atoms with Gasteiger partial charge in [-0.2, -0.15) is 0 Å². The van der Waals surface area contributed by atoms with E-state index in [-0.39, 0.29) is 0 Å². The molecule has 0 fully saturated rings. The van der Waals surface area contributed by atoms with Crippen molar-refractivity contribution in [2.45, 2.75) is 65.8 Å². The van der Waals surface area contributed by atoms with Gasteiger partial charge in [0.1, 0.15) is 0 Å². The fourth-order valence-electron chi connectivity index (χ4n) is 2.24. The second-order valence-electron chi connectivity index (χ2n) is 4.48. The van der Waals surface area contributed by atoms with Crippen LogP contribution >= 0.6 is 0 Å². The Morgan fingerprint density at radius 3 is 2.25 bits per heavy atom. The van der Waals surface area contributed by atoms with E-state index in [0.29, 0.717) is 6.04 Å². The van der Waals surface area contributed by atoms with Gasteiger partial charge in [0.05, 0.1) is 0 Å². The zero-order valence-electron chi connectivity index (χ0n) is 11.7. The molecule has 0 saturated carbocycles. The summed E-state index contributed by atoms with van der Waals surface area (Å²) in [7, 11) is 0. The second-order valence-corrected chi connectivity index (χ2v) is 4.48. The Kier molecular flexibility index (Phi) is 11.3. The molecular weight excluding hydrogens is 198 g/mol. The minimum Gasteiger partial charge on any atom is -0.382 e. The van der Waals surface area contributed by atoms with Gasteiger partial charge in [-0.15, -0.1) is 0 Å². The first-order valence-corrected chi connectivity index (χ1v) is 7.11. The molecule has 1 atom stereocenters. The van der Waals surface area contributed by atoms with Crippen LogP contribution in [0.25, 0.3) is 0 Å². The summed E-state index contributed by atoms with van der Waals surface area (Å²) in [5.41, 5.74) is 0. The molecule has 0 aliphatic carbocycles. The summed E-state index contributed by atoms with van der Waals surface area (Å²) in [6.45, 7) is 11.8. The summed E-state index contributed by atoms with van der Waals surface area (Å²) in [6.07, 6.45) is 6.24. The summed E-state index contributed by atoms with van der Waals surface area (Å²) < 4.78 is 5.41. The van der Waals surface area contributed by atoms with Gasteiger partial charge < -0.3 is 10.1 Å². The van der Waals surface area contributed by atoms with Crippen LogP contribution in [0.5, 0.6) is 0 Å². The van der Waals surface area contributed by atoms with E-state index in [1.807, 2.05) is 0 Å². The van der Waals surface area contributed by atoms with Crippen molar-refractivity contribution in [3.05, 3.63) is 0 Å². The Balaban J connectivity index is 3.88. The van der Waals surface area contributed by atoms with Gasteiger partial charge >= 0.3 is 0 Å². The minimum absolute atomic E-state index is 0.690. The van der Waals surface area contributed by atoms with Crippen molar-refractivity contribution >= 4 is 0 Å². The standard InChI is InChI=1S/C14H31NO/c1-5-11-15-14(13(6-2)7-3)10-9-12-16-8-4/h13-15H,5-12H2,1-4H3. The number of hydrogen-bond donors (Lipinski definition) is 1. The molecule has 0 aliphatic rings. The maximum absolute atomic E-state index is 5.41. The van der Waals surface area contributed by atoms with Crippen molar-refractivity contribution in [1.29, 1.82) is 0 Å². The smallest absolute Gasteiger partial charge is 0.0466 e. The molecule has 16 heavy (non-hydrogen) atoms. The molecule has 0 spiro atoms. The van der Waals surface area contributed by atoms with Crippen molar-refractivity contribution in [2.24, 2.45) is 5.92 Å². The Morgan fingerprint density at radius 1 is 1.06 bits per heavy atom. The summed E-state index contributed by atoms with van der Waals surface area (Å²) in [5.74, 6) is 0.827. The van der Waals surface area contributed by atoms with Crippen LogP contribution in [-0.2, 0) is 4.74 Å². The number of nitrogens with one attached hydrogen (secondary N) is 1. The molecule has 0 amide bonds. The Hall–Kier alpha value is -0.0800. The van der Waals surface area contributed by atoms with Crippen LogP contribution in [0.3, 0.4) is 0 Å². The van der Waals surface area contributed by atoms with Gasteiger partial charge in [-0.05, 0) is 38.6 Å². The average Bonchev–Trinajstić information content (AvgIpc) is 2.31. The van der Waals surface area contributed by atoms with Gasteiger partial charge in [-0.3, -0.25) is 0 Å². The predicted molar refractivity (Wildman–Crippen MR) is 71.9 cm³/mol. The van der Waals surface area contributed by atoms with Crippen LogP contribution < -0.4 is 5.32 Å². The summed E-state index contributed by atoms with van der Waals surface area (Å²) in [4.78, 5) is 0. The molecule has 98 valence electrons. The van der Waals surface area contributed by atoms with Crippen molar-refractivity contribution < 1.29 is 4.74 Å². The molecule has 1 unspecified atom stereocenters. The zero-order valence-corrected chi connectivity index (χ0v) is 11.7. The molecule has 0 heterocycles. The van der Waals surface area contributed by atoms with Crippen LogP contribution in [0, 0.1) is 5.92 Å². The lowest BCUT2D eigenvalue weighted by atomic mass is 9.91. The maximum Gasteiger partial charge on any atom is 0.0466 e. The summed E-state index contributed by atoms with van der Waals surface area (Å²) in [6, 6.07) is 0.690. The van der Waals surface area contributed by atoms with Crippen molar-refractivity contribution in [2.75, 3.05) is 19.8 Å². The first kappa shape index (κ1) is 15.9.